The van der Waals surface area contributed by atoms with E-state index in [0.717, 1.165) is 50.2 Å². The monoisotopic (exact) mass is 624 g/mol. The van der Waals surface area contributed by atoms with Gasteiger partial charge in [0.25, 0.3) is 5.91 Å². The van der Waals surface area contributed by atoms with Crippen LogP contribution in [-0.2, 0) is 6.54 Å². The Morgan fingerprint density at radius 1 is 1.07 bits per heavy atom. The lowest BCUT2D eigenvalue weighted by atomic mass is 10.2. The summed E-state index contributed by atoms with van der Waals surface area (Å²) >= 11 is 9.59. The van der Waals surface area contributed by atoms with Crippen molar-refractivity contribution < 1.29 is 14.3 Å². The normalized spacial score (nSPS) is 10.5. The Morgan fingerprint density at radius 2 is 1.81 bits per heavy atom. The molecular weight excluding hydrogens is 588 g/mol. The number of nitrogens with one attached hydrogen (secondary N) is 2. The molecular formula is C32H37ClN4O3S2. The zero-order valence-electron chi connectivity index (χ0n) is 24.6. The highest BCUT2D eigenvalue weighted by atomic mass is 35.5. The molecule has 1 heterocycles. The molecule has 4 rings (SSSR count). The summed E-state index contributed by atoms with van der Waals surface area (Å²) < 4.78 is 5.81. The maximum absolute atomic E-state index is 13.0. The van der Waals surface area contributed by atoms with Crippen LogP contribution in [0.3, 0.4) is 0 Å². The number of anilines is 1. The predicted octanol–water partition coefficient (Wildman–Crippen LogP) is 7.76. The maximum atomic E-state index is 13.0. The molecule has 0 saturated heterocycles. The molecule has 2 N–H and O–H groups in total. The van der Waals surface area contributed by atoms with Crippen molar-refractivity contribution in [2.45, 2.75) is 36.6 Å². The van der Waals surface area contributed by atoms with Crippen molar-refractivity contribution in [1.29, 1.82) is 0 Å². The minimum absolute atomic E-state index is 0.280. The average Bonchev–Trinajstić information content (AvgIpc) is 3.49. The van der Waals surface area contributed by atoms with E-state index in [-0.39, 0.29) is 5.91 Å². The molecule has 7 nitrogen and oxygen atoms in total. The van der Waals surface area contributed by atoms with E-state index >= 15 is 0 Å². The lowest BCUT2D eigenvalue weighted by Gasteiger charge is -2.15. The Kier molecular flexibility index (Phi) is 13.3. The van der Waals surface area contributed by atoms with E-state index in [4.69, 9.17) is 16.3 Å². The van der Waals surface area contributed by atoms with E-state index in [0.29, 0.717) is 35.0 Å². The molecule has 0 spiro atoms. The van der Waals surface area contributed by atoms with Gasteiger partial charge in [0, 0.05) is 45.6 Å². The third-order valence-electron chi connectivity index (χ3n) is 5.96. The summed E-state index contributed by atoms with van der Waals surface area (Å²) in [4.78, 5) is 33.7. The number of aldehydes is 1. The van der Waals surface area contributed by atoms with Crippen LogP contribution in [0.25, 0.3) is 10.6 Å². The second-order valence-corrected chi connectivity index (χ2v) is 11.7. The molecule has 10 heteroatoms. The van der Waals surface area contributed by atoms with Gasteiger partial charge in [0.15, 0.2) is 6.29 Å². The summed E-state index contributed by atoms with van der Waals surface area (Å²) in [5.74, 6) is 0.554. The number of thiazole rings is 1. The summed E-state index contributed by atoms with van der Waals surface area (Å²) in [5, 5.41) is 7.24. The molecule has 222 valence electrons. The molecule has 1 amide bonds. The third kappa shape index (κ3) is 9.06. The van der Waals surface area contributed by atoms with E-state index in [1.807, 2.05) is 76.5 Å². The Morgan fingerprint density at radius 3 is 2.50 bits per heavy atom. The first-order chi connectivity index (χ1) is 20.4. The largest absolute Gasteiger partial charge is 0.494 e. The molecule has 0 aliphatic rings. The number of nitrogens with zero attached hydrogens (tertiary/aromatic N) is 2. The standard InChI is InChI=1S/C30H31ClN4O3S2.C2H6/c1-32-28-26(40-25-8-5-4-7-21(25)19-36)14-13-24(27(28)31)29(37)33-17-23-18-34-30(39-23)20-9-11-22(12-10-20)38-16-6-15-35(2)3;1-2/h4-5,7-14,18-19,32H,6,15-17H2,1-3H3,(H,33,37);1-2H3. The minimum atomic E-state index is -0.280. The molecule has 42 heavy (non-hydrogen) atoms. The van der Waals surface area contributed by atoms with Crippen LogP contribution in [-0.4, -0.2) is 56.4 Å². The molecule has 0 aliphatic carbocycles. The quantitative estimate of drug-likeness (QED) is 0.116. The lowest BCUT2D eigenvalue weighted by molar-refractivity contribution is 0.0951. The number of carbonyl (C=O) groups excluding carboxylic acids is 2. The van der Waals surface area contributed by atoms with Crippen molar-refractivity contribution in [3.63, 3.8) is 0 Å². The van der Waals surface area contributed by atoms with E-state index in [9.17, 15) is 9.59 Å². The fraction of sp³-hybridized carbons (Fsp3) is 0.281. The molecule has 0 radical (unpaired) electrons. The van der Waals surface area contributed by atoms with Gasteiger partial charge < -0.3 is 20.3 Å². The smallest absolute Gasteiger partial charge is 0.253 e. The number of halogens is 1. The van der Waals surface area contributed by atoms with E-state index in [2.05, 4.69) is 20.5 Å². The molecule has 0 saturated carbocycles. The van der Waals surface area contributed by atoms with Crippen molar-refractivity contribution in [2.24, 2.45) is 0 Å². The predicted molar refractivity (Wildman–Crippen MR) is 176 cm³/mol. The fourth-order valence-corrected chi connectivity index (χ4v) is 6.21. The number of rotatable bonds is 13. The van der Waals surface area contributed by atoms with Gasteiger partial charge in [0.2, 0.25) is 0 Å². The van der Waals surface area contributed by atoms with Gasteiger partial charge >= 0.3 is 0 Å². The van der Waals surface area contributed by atoms with Crippen LogP contribution in [0.5, 0.6) is 5.75 Å². The van der Waals surface area contributed by atoms with Crippen molar-refractivity contribution in [2.75, 3.05) is 39.6 Å². The van der Waals surface area contributed by atoms with Gasteiger partial charge in [-0.2, -0.15) is 0 Å². The molecule has 0 bridgehead atoms. The maximum Gasteiger partial charge on any atom is 0.253 e. The molecule has 4 aromatic rings. The zero-order chi connectivity index (χ0) is 30.5. The SMILES string of the molecule is CC.CNc1c(Sc2ccccc2C=O)ccc(C(=O)NCc2cnc(-c3ccc(OCCCN(C)C)cc3)s2)c1Cl. The summed E-state index contributed by atoms with van der Waals surface area (Å²) in [5.41, 5.74) is 2.58. The second-order valence-electron chi connectivity index (χ2n) is 9.15. The average molecular weight is 625 g/mol. The van der Waals surface area contributed by atoms with Crippen LogP contribution in [0, 0.1) is 0 Å². The molecule has 1 aromatic heterocycles. The lowest BCUT2D eigenvalue weighted by Crippen LogP contribution is -2.23. The van der Waals surface area contributed by atoms with Crippen molar-refractivity contribution in [3.05, 3.63) is 87.9 Å². The molecule has 3 aromatic carbocycles. The summed E-state index contributed by atoms with van der Waals surface area (Å²) in [7, 11) is 5.85. The minimum Gasteiger partial charge on any atom is -0.494 e. The van der Waals surface area contributed by atoms with Crippen molar-refractivity contribution >= 4 is 52.6 Å². The Hall–Kier alpha value is -3.37. The van der Waals surface area contributed by atoms with Crippen LogP contribution in [0.15, 0.2) is 76.7 Å². The van der Waals surface area contributed by atoms with Crippen LogP contribution in [0.4, 0.5) is 5.69 Å². The topological polar surface area (TPSA) is 83.6 Å². The highest BCUT2D eigenvalue weighted by molar-refractivity contribution is 7.99. The van der Waals surface area contributed by atoms with Crippen LogP contribution >= 0.6 is 34.7 Å². The number of amides is 1. The van der Waals surface area contributed by atoms with Gasteiger partial charge in [-0.05, 0) is 63.0 Å². The number of ether oxygens (including phenoxy) is 1. The van der Waals surface area contributed by atoms with E-state index in [1.54, 1.807) is 25.4 Å². The summed E-state index contributed by atoms with van der Waals surface area (Å²) in [6, 6.07) is 18.8. The summed E-state index contributed by atoms with van der Waals surface area (Å²) in [6.45, 7) is 5.99. The highest BCUT2D eigenvalue weighted by Crippen LogP contribution is 2.40. The van der Waals surface area contributed by atoms with Gasteiger partial charge in [0.05, 0.1) is 29.4 Å². The number of hydrogen-bond acceptors (Lipinski definition) is 8. The molecule has 0 aliphatic heterocycles. The van der Waals surface area contributed by atoms with Gasteiger partial charge in [-0.25, -0.2) is 4.98 Å². The Labute approximate surface area is 261 Å². The van der Waals surface area contributed by atoms with Gasteiger partial charge in [-0.15, -0.1) is 11.3 Å². The van der Waals surface area contributed by atoms with Gasteiger partial charge in [0.1, 0.15) is 10.8 Å². The Balaban J connectivity index is 0.00000237. The van der Waals surface area contributed by atoms with Gasteiger partial charge in [-0.3, -0.25) is 9.59 Å². The first-order valence-corrected chi connectivity index (χ1v) is 15.7. The number of aromatic nitrogens is 1. The van der Waals surface area contributed by atoms with E-state index < -0.39 is 0 Å². The first-order valence-electron chi connectivity index (χ1n) is 13.7. The number of benzene rings is 3. The van der Waals surface area contributed by atoms with E-state index in [1.165, 1.54) is 23.1 Å². The van der Waals surface area contributed by atoms with Crippen LogP contribution in [0.1, 0.15) is 45.9 Å². The first kappa shape index (κ1) is 33.1. The highest BCUT2D eigenvalue weighted by Gasteiger charge is 2.18. The zero-order valence-corrected chi connectivity index (χ0v) is 27.0. The summed E-state index contributed by atoms with van der Waals surface area (Å²) in [6.07, 6.45) is 3.57. The molecule has 0 unspecified atom stereocenters. The Bertz CT molecular complexity index is 1460. The molecule has 0 atom stereocenters. The van der Waals surface area contributed by atoms with Crippen molar-refractivity contribution in [3.8, 4) is 16.3 Å². The fourth-order valence-electron chi connectivity index (χ4n) is 3.89. The van der Waals surface area contributed by atoms with Crippen LogP contribution < -0.4 is 15.4 Å². The number of hydrogen-bond donors (Lipinski definition) is 2. The molecule has 0 fully saturated rings. The number of carbonyl (C=O) groups is 2. The van der Waals surface area contributed by atoms with Gasteiger partial charge in [-0.1, -0.05) is 55.4 Å². The second kappa shape index (κ2) is 16.9. The van der Waals surface area contributed by atoms with Crippen molar-refractivity contribution in [1.82, 2.24) is 15.2 Å². The van der Waals surface area contributed by atoms with Crippen LogP contribution in [0.2, 0.25) is 5.02 Å². The third-order valence-corrected chi connectivity index (χ3v) is 8.55.